The Balaban J connectivity index is 0.000000211. The average molecular weight is 1110 g/mol. The third-order valence-electron chi connectivity index (χ3n) is 11.0. The first kappa shape index (κ1) is 62.9. The van der Waals surface area contributed by atoms with Crippen LogP contribution >= 0.6 is 0 Å². The molecule has 8 heterocycles. The molecule has 0 spiro atoms. The maximum atomic E-state index is 12.1. The van der Waals surface area contributed by atoms with Gasteiger partial charge in [-0.2, -0.15) is 36.9 Å². The fourth-order valence-electron chi connectivity index (χ4n) is 7.42. The highest BCUT2D eigenvalue weighted by molar-refractivity contribution is 7.87. The Morgan fingerprint density at radius 2 is 1.08 bits per heavy atom. The van der Waals surface area contributed by atoms with Crippen LogP contribution in [0.25, 0.3) is 5.57 Å². The first-order valence-corrected chi connectivity index (χ1v) is 26.5. The molecule has 0 saturated carbocycles. The van der Waals surface area contributed by atoms with Gasteiger partial charge in [0.1, 0.15) is 28.2 Å². The van der Waals surface area contributed by atoms with Crippen LogP contribution in [-0.4, -0.2) is 182 Å². The molecule has 3 saturated heterocycles. The number of hydrogen-bond acceptors (Lipinski definition) is 16. The van der Waals surface area contributed by atoms with Crippen molar-refractivity contribution in [3.8, 4) is 0 Å². The summed E-state index contributed by atoms with van der Waals surface area (Å²) in [5, 5.41) is 23.9. The summed E-state index contributed by atoms with van der Waals surface area (Å²) in [6.45, 7) is 26.6. The lowest BCUT2D eigenvalue weighted by atomic mass is 10.1. The summed E-state index contributed by atoms with van der Waals surface area (Å²) in [6.07, 6.45) is 9.34. The first-order valence-electron chi connectivity index (χ1n) is 25.1. The van der Waals surface area contributed by atoms with Crippen molar-refractivity contribution in [3.05, 3.63) is 71.8 Å². The Morgan fingerprint density at radius 1 is 0.597 bits per heavy atom. The fourth-order valence-corrected chi connectivity index (χ4v) is 7.92. The van der Waals surface area contributed by atoms with Crippen LogP contribution < -0.4 is 5.32 Å². The number of amides is 4. The number of aromatic nitrogens is 6. The zero-order chi connectivity index (χ0) is 57.6. The number of Topliss-reactive ketones (excluding diaryl/α,β-unsaturated/α-hetero) is 1. The summed E-state index contributed by atoms with van der Waals surface area (Å²) in [6, 6.07) is 5.91. The summed E-state index contributed by atoms with van der Waals surface area (Å²) >= 11 is 0. The molecule has 3 fully saturated rings. The van der Waals surface area contributed by atoms with Crippen LogP contribution in [0, 0.1) is 0 Å². The van der Waals surface area contributed by atoms with Gasteiger partial charge < -0.3 is 43.1 Å². The van der Waals surface area contributed by atoms with Crippen molar-refractivity contribution >= 4 is 45.8 Å². The summed E-state index contributed by atoms with van der Waals surface area (Å²) in [5.74, 6) is 0.659. The van der Waals surface area contributed by atoms with Gasteiger partial charge in [0.05, 0.1) is 25.3 Å². The number of rotatable bonds is 5. The van der Waals surface area contributed by atoms with Gasteiger partial charge in [-0.3, -0.25) is 25.0 Å². The van der Waals surface area contributed by atoms with E-state index in [4.69, 9.17) is 18.9 Å². The van der Waals surface area contributed by atoms with E-state index in [1.807, 2.05) is 86.7 Å². The number of nitrogens with zero attached hydrogens (tertiary/aromatic N) is 7. The molecule has 0 aromatic carbocycles. The van der Waals surface area contributed by atoms with E-state index in [-0.39, 0.29) is 31.1 Å². The van der Waals surface area contributed by atoms with Crippen LogP contribution in [0.2, 0.25) is 0 Å². The second-order valence-electron chi connectivity index (χ2n) is 22.4. The molecule has 2 unspecified atom stereocenters. The Kier molecular flexibility index (Phi) is 21.7. The molecule has 2 atom stereocenters. The number of halogens is 3. The van der Waals surface area contributed by atoms with Crippen LogP contribution in [0.4, 0.5) is 32.3 Å². The zero-order valence-electron chi connectivity index (χ0n) is 46.0. The Morgan fingerprint density at radius 3 is 1.52 bits per heavy atom. The predicted molar refractivity (Wildman–Crippen MR) is 276 cm³/mol. The minimum atomic E-state index is -5.71. The SMILES string of the molecule is CC(C)(C)OC(=O)N1CC=C(OS(=O)(=O)C(F)(F)F)C1.CC(C)(C)OC(=O)N1CC=C(c2ccn[nH]2)C1.CC(C)(C)OC(=O)N1CCC(=O)C1.CC(C)(C)OC(=O)N1CCC(c2ccn[nH]2)C1.c1cc(C2CCNC2)[nH]n1. The monoisotopic (exact) mass is 1110 g/mol. The molecule has 8 rings (SSSR count). The molecule has 23 nitrogen and oxygen atoms in total. The average Bonchev–Trinajstić information content (AvgIpc) is 4.14. The quantitative estimate of drug-likeness (QED) is 0.108. The van der Waals surface area contributed by atoms with Crippen molar-refractivity contribution in [1.82, 2.24) is 55.5 Å². The summed E-state index contributed by atoms with van der Waals surface area (Å²) in [4.78, 5) is 63.4. The predicted octanol–water partition coefficient (Wildman–Crippen LogP) is 7.85. The number of nitrogens with one attached hydrogen (secondary N) is 4. The van der Waals surface area contributed by atoms with Gasteiger partial charge in [-0.15, -0.1) is 0 Å². The highest BCUT2D eigenvalue weighted by Gasteiger charge is 2.49. The summed E-state index contributed by atoms with van der Waals surface area (Å²) < 4.78 is 82.6. The number of alkyl halides is 3. The minimum Gasteiger partial charge on any atom is -0.444 e. The smallest absolute Gasteiger partial charge is 0.444 e. The van der Waals surface area contributed by atoms with Crippen LogP contribution in [-0.2, 0) is 38.0 Å². The molecule has 0 radical (unpaired) electrons. The molecule has 430 valence electrons. The van der Waals surface area contributed by atoms with Gasteiger partial charge >= 0.3 is 40.0 Å². The second-order valence-corrected chi connectivity index (χ2v) is 23.9. The van der Waals surface area contributed by atoms with Crippen molar-refractivity contribution in [2.75, 3.05) is 65.4 Å². The normalized spacial score (nSPS) is 18.8. The highest BCUT2D eigenvalue weighted by Crippen LogP contribution is 2.29. The van der Waals surface area contributed by atoms with E-state index in [0.717, 1.165) is 54.0 Å². The highest BCUT2D eigenvalue weighted by atomic mass is 32.2. The number of hydrogen-bond donors (Lipinski definition) is 4. The lowest BCUT2D eigenvalue weighted by Gasteiger charge is -2.24. The molecule has 3 aromatic heterocycles. The zero-order valence-corrected chi connectivity index (χ0v) is 46.9. The van der Waals surface area contributed by atoms with E-state index in [2.05, 4.69) is 46.2 Å². The Hall–Kier alpha value is -6.64. The first-order chi connectivity index (χ1) is 35.6. The van der Waals surface area contributed by atoms with Gasteiger partial charge in [-0.1, -0.05) is 6.08 Å². The molecule has 77 heavy (non-hydrogen) atoms. The molecular weight excluding hydrogens is 1040 g/mol. The fraction of sp³-hybridized carbons (Fsp3) is 0.640. The van der Waals surface area contributed by atoms with Crippen LogP contribution in [0.5, 0.6) is 0 Å². The lowest BCUT2D eigenvalue weighted by molar-refractivity contribution is -0.117. The van der Waals surface area contributed by atoms with E-state index in [0.29, 0.717) is 44.4 Å². The number of carbonyl (C=O) groups excluding carboxylic acids is 5. The van der Waals surface area contributed by atoms with Gasteiger partial charge in [-0.05, 0) is 132 Å². The molecule has 27 heteroatoms. The third-order valence-corrected chi connectivity index (χ3v) is 12.0. The van der Waals surface area contributed by atoms with E-state index in [1.165, 1.54) is 17.0 Å². The maximum Gasteiger partial charge on any atom is 0.534 e. The van der Waals surface area contributed by atoms with Crippen molar-refractivity contribution in [3.63, 3.8) is 0 Å². The molecule has 4 N–H and O–H groups in total. The second kappa shape index (κ2) is 26.6. The van der Waals surface area contributed by atoms with E-state index >= 15 is 0 Å². The maximum absolute atomic E-state index is 12.1. The summed E-state index contributed by atoms with van der Waals surface area (Å²) in [5.41, 5.74) is -3.24. The number of ketones is 1. The molecular formula is C50H76F3N11O12S. The van der Waals surface area contributed by atoms with E-state index in [1.54, 1.807) is 43.0 Å². The van der Waals surface area contributed by atoms with Crippen LogP contribution in [0.1, 0.15) is 131 Å². The topological polar surface area (TPSA) is 277 Å². The van der Waals surface area contributed by atoms with Gasteiger partial charge in [-0.25, -0.2) is 19.2 Å². The minimum absolute atomic E-state index is 0.0857. The van der Waals surface area contributed by atoms with Crippen molar-refractivity contribution in [1.29, 1.82) is 0 Å². The number of aromatic amines is 3. The number of H-pyrrole nitrogens is 3. The standard InChI is InChI=1S/C12H19N3O2.C12H17N3O2.C10H14F3NO5S.C9H15NO3.C7H11N3/c2*1-12(2,3)17-11(16)15-7-5-9(8-15)10-4-6-13-14-10;1-9(2,3)18-8(15)14-5-4-7(6-14)19-20(16,17)10(11,12)13;1-9(2,3)13-8(12)10-5-4-7(11)6-10;1-3-8-5-6(1)7-2-4-9-10-7/h4,6,9H,5,7-8H2,1-3H3,(H,13,14);4-6H,7-8H2,1-3H3,(H,13,14);4H,5-6H2,1-3H3;4-6H2,1-3H3;2,4,6,8H,1,3,5H2,(H,9,10). The number of carbonyl (C=O) groups is 5. The Labute approximate surface area is 448 Å². The lowest BCUT2D eigenvalue weighted by Crippen LogP contribution is -2.36. The molecule has 5 aliphatic heterocycles. The molecule has 4 amide bonds. The Bertz CT molecular complexity index is 2530. The van der Waals surface area contributed by atoms with Gasteiger partial charge in [0, 0.05) is 87.5 Å². The van der Waals surface area contributed by atoms with Crippen LogP contribution in [0.3, 0.4) is 0 Å². The molecule has 3 aromatic rings. The van der Waals surface area contributed by atoms with Gasteiger partial charge in [0.2, 0.25) is 0 Å². The van der Waals surface area contributed by atoms with Crippen molar-refractivity contribution in [2.24, 2.45) is 0 Å². The van der Waals surface area contributed by atoms with Gasteiger partial charge in [0.15, 0.2) is 5.78 Å². The number of likely N-dealkylation sites (tertiary alicyclic amines) is 2. The number of ether oxygens (including phenoxy) is 4. The molecule has 5 aliphatic rings. The van der Waals surface area contributed by atoms with Crippen molar-refractivity contribution in [2.45, 2.75) is 142 Å². The van der Waals surface area contributed by atoms with Crippen molar-refractivity contribution < 1.29 is 68.7 Å². The third kappa shape index (κ3) is 22.1. The summed E-state index contributed by atoms with van der Waals surface area (Å²) in [7, 11) is -5.71. The van der Waals surface area contributed by atoms with Gasteiger partial charge in [0.25, 0.3) is 0 Å². The van der Waals surface area contributed by atoms with Crippen LogP contribution in [0.15, 0.2) is 54.7 Å². The molecule has 0 aliphatic carbocycles. The largest absolute Gasteiger partial charge is 0.534 e. The molecule has 0 bridgehead atoms. The van der Waals surface area contributed by atoms with E-state index in [9.17, 15) is 45.6 Å². The van der Waals surface area contributed by atoms with E-state index < -0.39 is 62.5 Å².